The van der Waals surface area contributed by atoms with E-state index in [-0.39, 0.29) is 11.8 Å². The molecular formula is C27H28N2O4. The molecule has 0 fully saturated rings. The van der Waals surface area contributed by atoms with Gasteiger partial charge >= 0.3 is 0 Å². The highest BCUT2D eigenvalue weighted by atomic mass is 16.5. The van der Waals surface area contributed by atoms with E-state index in [2.05, 4.69) is 5.32 Å². The molecule has 0 saturated carbocycles. The molecule has 6 nitrogen and oxygen atoms in total. The van der Waals surface area contributed by atoms with Crippen molar-refractivity contribution in [1.82, 2.24) is 4.90 Å². The third-order valence-corrected chi connectivity index (χ3v) is 5.65. The zero-order chi connectivity index (χ0) is 23.2. The second-order valence-electron chi connectivity index (χ2n) is 8.09. The number of rotatable bonds is 7. The van der Waals surface area contributed by atoms with Gasteiger partial charge in [0.15, 0.2) is 6.10 Å². The number of hydrogen-bond donors (Lipinski definition) is 1. The molecule has 1 atom stereocenters. The minimum atomic E-state index is -0.546. The standard InChI is InChI=1S/C27H28N2O4/c1-3-24-27(31)29(17-20-10-7-11-23(14-20)32-2)18-21-16-22(12-13-25(21)33-24)28-26(30)15-19-8-5-4-6-9-19/h4-14,16,24H,3,15,17-18H2,1-2H3,(H,28,30)/t24-/m0/s1. The number of fused-ring (bicyclic) bond motifs is 1. The van der Waals surface area contributed by atoms with Crippen LogP contribution in [0, 0.1) is 0 Å². The van der Waals surface area contributed by atoms with Crippen LogP contribution in [0.3, 0.4) is 0 Å². The Kier molecular flexibility index (Phi) is 6.93. The Morgan fingerprint density at radius 1 is 1.06 bits per heavy atom. The van der Waals surface area contributed by atoms with Crippen LogP contribution in [0.4, 0.5) is 5.69 Å². The molecule has 3 aromatic rings. The van der Waals surface area contributed by atoms with Gasteiger partial charge in [-0.05, 0) is 47.9 Å². The number of nitrogens with one attached hydrogen (secondary N) is 1. The molecule has 0 saturated heterocycles. The van der Waals surface area contributed by atoms with Gasteiger partial charge in [-0.3, -0.25) is 9.59 Å². The fourth-order valence-electron chi connectivity index (χ4n) is 3.96. The number of anilines is 1. The van der Waals surface area contributed by atoms with Crippen LogP contribution in [-0.4, -0.2) is 29.9 Å². The molecule has 1 aliphatic rings. The van der Waals surface area contributed by atoms with Crippen molar-refractivity contribution < 1.29 is 19.1 Å². The molecule has 0 spiro atoms. The van der Waals surface area contributed by atoms with Gasteiger partial charge in [-0.25, -0.2) is 0 Å². The topological polar surface area (TPSA) is 67.9 Å². The summed E-state index contributed by atoms with van der Waals surface area (Å²) in [6, 6.07) is 22.9. The predicted molar refractivity (Wildman–Crippen MR) is 127 cm³/mol. The first-order valence-corrected chi connectivity index (χ1v) is 11.1. The van der Waals surface area contributed by atoms with E-state index in [1.165, 1.54) is 0 Å². The summed E-state index contributed by atoms with van der Waals surface area (Å²) in [4.78, 5) is 27.5. The molecule has 1 heterocycles. The Morgan fingerprint density at radius 3 is 2.61 bits per heavy atom. The highest BCUT2D eigenvalue weighted by Gasteiger charge is 2.30. The Balaban J connectivity index is 1.54. The molecule has 3 aromatic carbocycles. The lowest BCUT2D eigenvalue weighted by atomic mass is 10.1. The molecule has 1 aliphatic heterocycles. The Hall–Kier alpha value is -3.80. The van der Waals surface area contributed by atoms with Crippen LogP contribution in [0.5, 0.6) is 11.5 Å². The van der Waals surface area contributed by atoms with Gasteiger partial charge < -0.3 is 19.7 Å². The summed E-state index contributed by atoms with van der Waals surface area (Å²) >= 11 is 0. The summed E-state index contributed by atoms with van der Waals surface area (Å²) in [5.74, 6) is 1.28. The molecule has 0 bridgehead atoms. The summed E-state index contributed by atoms with van der Waals surface area (Å²) in [5.41, 5.74) is 3.48. The zero-order valence-corrected chi connectivity index (χ0v) is 18.9. The Labute approximate surface area is 194 Å². The van der Waals surface area contributed by atoms with E-state index in [9.17, 15) is 9.59 Å². The largest absolute Gasteiger partial charge is 0.497 e. The molecule has 0 radical (unpaired) electrons. The SMILES string of the molecule is CC[C@@H]1Oc2ccc(NC(=O)Cc3ccccc3)cc2CN(Cc2cccc(OC)c2)C1=O. The van der Waals surface area contributed by atoms with E-state index in [1.54, 1.807) is 12.0 Å². The summed E-state index contributed by atoms with van der Waals surface area (Å²) in [5, 5.41) is 2.96. The number of carbonyl (C=O) groups is 2. The average molecular weight is 445 g/mol. The highest BCUT2D eigenvalue weighted by Crippen LogP contribution is 2.30. The van der Waals surface area contributed by atoms with Gasteiger partial charge in [-0.1, -0.05) is 49.4 Å². The fraction of sp³-hybridized carbons (Fsp3) is 0.259. The summed E-state index contributed by atoms with van der Waals surface area (Å²) < 4.78 is 11.4. The van der Waals surface area contributed by atoms with Crippen LogP contribution in [0.2, 0.25) is 0 Å². The van der Waals surface area contributed by atoms with Crippen molar-refractivity contribution in [3.05, 3.63) is 89.5 Å². The predicted octanol–water partition coefficient (Wildman–Crippen LogP) is 4.58. The van der Waals surface area contributed by atoms with E-state index in [0.717, 1.165) is 22.4 Å². The maximum absolute atomic E-state index is 13.2. The van der Waals surface area contributed by atoms with E-state index in [0.29, 0.717) is 37.4 Å². The van der Waals surface area contributed by atoms with E-state index < -0.39 is 6.10 Å². The normalized spacial score (nSPS) is 15.3. The first-order valence-electron chi connectivity index (χ1n) is 11.1. The van der Waals surface area contributed by atoms with Crippen molar-refractivity contribution in [3.63, 3.8) is 0 Å². The van der Waals surface area contributed by atoms with Gasteiger partial charge in [0, 0.05) is 24.3 Å². The van der Waals surface area contributed by atoms with E-state index in [4.69, 9.17) is 9.47 Å². The zero-order valence-electron chi connectivity index (χ0n) is 18.9. The molecule has 0 unspecified atom stereocenters. The van der Waals surface area contributed by atoms with E-state index in [1.807, 2.05) is 79.7 Å². The maximum Gasteiger partial charge on any atom is 0.264 e. The lowest BCUT2D eigenvalue weighted by molar-refractivity contribution is -0.139. The number of hydrogen-bond acceptors (Lipinski definition) is 4. The molecule has 0 aliphatic carbocycles. The molecule has 170 valence electrons. The fourth-order valence-corrected chi connectivity index (χ4v) is 3.96. The van der Waals surface area contributed by atoms with Crippen LogP contribution in [-0.2, 0) is 29.1 Å². The molecule has 6 heteroatoms. The third kappa shape index (κ3) is 5.52. The number of benzene rings is 3. The van der Waals surface area contributed by atoms with Crippen LogP contribution in [0.25, 0.3) is 0 Å². The lowest BCUT2D eigenvalue weighted by Gasteiger charge is -2.23. The number of methoxy groups -OCH3 is 1. The lowest BCUT2D eigenvalue weighted by Crippen LogP contribution is -2.38. The number of nitrogens with zero attached hydrogens (tertiary/aromatic N) is 1. The maximum atomic E-state index is 13.2. The first kappa shape index (κ1) is 22.4. The van der Waals surface area contributed by atoms with Crippen molar-refractivity contribution in [3.8, 4) is 11.5 Å². The van der Waals surface area contributed by atoms with Gasteiger partial charge in [0.1, 0.15) is 11.5 Å². The van der Waals surface area contributed by atoms with Crippen molar-refractivity contribution in [2.45, 2.75) is 39.0 Å². The first-order chi connectivity index (χ1) is 16.1. The third-order valence-electron chi connectivity index (χ3n) is 5.65. The number of amides is 2. The van der Waals surface area contributed by atoms with Gasteiger partial charge in [0.25, 0.3) is 5.91 Å². The van der Waals surface area contributed by atoms with Crippen LogP contribution in [0.15, 0.2) is 72.8 Å². The second-order valence-corrected chi connectivity index (χ2v) is 8.09. The summed E-state index contributed by atoms with van der Waals surface area (Å²) in [7, 11) is 1.63. The summed E-state index contributed by atoms with van der Waals surface area (Å²) in [6.07, 6.45) is 0.324. The quantitative estimate of drug-likeness (QED) is 0.579. The minimum Gasteiger partial charge on any atom is -0.497 e. The van der Waals surface area contributed by atoms with Crippen LogP contribution < -0.4 is 14.8 Å². The molecule has 33 heavy (non-hydrogen) atoms. The van der Waals surface area contributed by atoms with Gasteiger partial charge in [0.2, 0.25) is 5.91 Å². The van der Waals surface area contributed by atoms with E-state index >= 15 is 0 Å². The Bertz CT molecular complexity index is 1130. The van der Waals surface area contributed by atoms with Gasteiger partial charge in [0.05, 0.1) is 13.5 Å². The van der Waals surface area contributed by atoms with Crippen LogP contribution in [0.1, 0.15) is 30.0 Å². The van der Waals surface area contributed by atoms with Crippen molar-refractivity contribution in [1.29, 1.82) is 0 Å². The Morgan fingerprint density at radius 2 is 1.85 bits per heavy atom. The van der Waals surface area contributed by atoms with Crippen molar-refractivity contribution in [2.75, 3.05) is 12.4 Å². The molecule has 2 amide bonds. The minimum absolute atomic E-state index is 0.0498. The second kappa shape index (κ2) is 10.2. The molecule has 0 aromatic heterocycles. The van der Waals surface area contributed by atoms with Crippen molar-refractivity contribution in [2.24, 2.45) is 0 Å². The van der Waals surface area contributed by atoms with Gasteiger partial charge in [-0.15, -0.1) is 0 Å². The monoisotopic (exact) mass is 444 g/mol. The highest BCUT2D eigenvalue weighted by molar-refractivity contribution is 5.92. The number of carbonyl (C=O) groups excluding carboxylic acids is 2. The smallest absolute Gasteiger partial charge is 0.264 e. The average Bonchev–Trinajstić information content (AvgIpc) is 2.95. The molecule has 1 N–H and O–H groups in total. The van der Waals surface area contributed by atoms with Crippen molar-refractivity contribution >= 4 is 17.5 Å². The summed E-state index contributed by atoms with van der Waals surface area (Å²) in [6.45, 7) is 2.78. The van der Waals surface area contributed by atoms with Gasteiger partial charge in [-0.2, -0.15) is 0 Å². The number of ether oxygens (including phenoxy) is 2. The van der Waals surface area contributed by atoms with Crippen LogP contribution >= 0.6 is 0 Å². The molecular weight excluding hydrogens is 416 g/mol. The molecule has 4 rings (SSSR count).